The van der Waals surface area contributed by atoms with E-state index >= 15 is 0 Å². The number of hydrogen-bond acceptors (Lipinski definition) is 3. The third-order valence-electron chi connectivity index (χ3n) is 3.27. The van der Waals surface area contributed by atoms with E-state index in [1.165, 1.54) is 12.8 Å². The Bertz CT molecular complexity index is 594. The molecule has 1 aromatic heterocycles. The highest BCUT2D eigenvalue weighted by Gasteiger charge is 2.03. The molecule has 1 atom stereocenters. The Morgan fingerprint density at radius 1 is 1.30 bits per heavy atom. The van der Waals surface area contributed by atoms with Crippen LogP contribution in [-0.4, -0.2) is 28.2 Å². The highest BCUT2D eigenvalue weighted by molar-refractivity contribution is 5.73. The molecule has 0 bridgehead atoms. The van der Waals surface area contributed by atoms with Crippen LogP contribution in [-0.2, 0) is 11.3 Å². The molecular formula is C16H21N3O. The standard InChI is InChI=1S/C16H21N3O/c1-3-4-5-9-14(20-2)10-8-13-19-16-12-7-6-11-15(16)17-18-19/h6-7,11-12,14H,3-5,9,13H2,1-2H3. The molecule has 1 heterocycles. The number of hydrogen-bond donors (Lipinski definition) is 0. The molecule has 0 aliphatic rings. The minimum absolute atomic E-state index is 0.0244. The van der Waals surface area contributed by atoms with Crippen molar-refractivity contribution >= 4 is 11.0 Å². The van der Waals surface area contributed by atoms with Crippen LogP contribution in [0.25, 0.3) is 11.0 Å². The topological polar surface area (TPSA) is 39.9 Å². The number of rotatable bonds is 6. The van der Waals surface area contributed by atoms with Gasteiger partial charge in [0, 0.05) is 7.11 Å². The van der Waals surface area contributed by atoms with Crippen molar-refractivity contribution in [2.75, 3.05) is 7.11 Å². The van der Waals surface area contributed by atoms with E-state index < -0.39 is 0 Å². The molecule has 0 spiro atoms. The first-order chi connectivity index (χ1) is 9.85. The highest BCUT2D eigenvalue weighted by Crippen LogP contribution is 2.09. The predicted molar refractivity (Wildman–Crippen MR) is 80.2 cm³/mol. The van der Waals surface area contributed by atoms with Gasteiger partial charge in [-0.3, -0.25) is 0 Å². The summed E-state index contributed by atoms with van der Waals surface area (Å²) in [5.74, 6) is 6.31. The molecule has 0 aliphatic heterocycles. The van der Waals surface area contributed by atoms with Gasteiger partial charge in [0.15, 0.2) is 0 Å². The summed E-state index contributed by atoms with van der Waals surface area (Å²) in [5, 5.41) is 8.23. The van der Waals surface area contributed by atoms with E-state index in [-0.39, 0.29) is 6.10 Å². The van der Waals surface area contributed by atoms with Gasteiger partial charge >= 0.3 is 0 Å². The Labute approximate surface area is 120 Å². The van der Waals surface area contributed by atoms with Crippen LogP contribution in [0, 0.1) is 11.8 Å². The average molecular weight is 271 g/mol. The molecule has 2 aromatic rings. The molecule has 1 aromatic carbocycles. The second-order valence-electron chi connectivity index (χ2n) is 4.78. The molecule has 0 amide bonds. The lowest BCUT2D eigenvalue weighted by Crippen LogP contribution is -2.08. The van der Waals surface area contributed by atoms with Gasteiger partial charge in [0.05, 0.1) is 5.52 Å². The van der Waals surface area contributed by atoms with E-state index in [1.54, 1.807) is 7.11 Å². The second kappa shape index (κ2) is 7.66. The van der Waals surface area contributed by atoms with Crippen LogP contribution in [0.2, 0.25) is 0 Å². The molecule has 1 unspecified atom stereocenters. The zero-order chi connectivity index (χ0) is 14.2. The van der Waals surface area contributed by atoms with Crippen LogP contribution >= 0.6 is 0 Å². The van der Waals surface area contributed by atoms with Crippen molar-refractivity contribution in [3.8, 4) is 11.8 Å². The molecule has 0 fully saturated rings. The van der Waals surface area contributed by atoms with Crippen molar-refractivity contribution < 1.29 is 4.74 Å². The van der Waals surface area contributed by atoms with E-state index in [9.17, 15) is 0 Å². The zero-order valence-corrected chi connectivity index (χ0v) is 12.2. The first-order valence-electron chi connectivity index (χ1n) is 7.14. The summed E-state index contributed by atoms with van der Waals surface area (Å²) >= 11 is 0. The van der Waals surface area contributed by atoms with Crippen molar-refractivity contribution in [1.82, 2.24) is 15.0 Å². The van der Waals surface area contributed by atoms with Crippen LogP contribution in [0.1, 0.15) is 32.6 Å². The Hall–Kier alpha value is -1.86. The Balaban J connectivity index is 1.95. The largest absolute Gasteiger partial charge is 0.369 e. The van der Waals surface area contributed by atoms with Crippen molar-refractivity contribution in [1.29, 1.82) is 0 Å². The minimum atomic E-state index is 0.0244. The number of aromatic nitrogens is 3. The van der Waals surface area contributed by atoms with E-state index in [1.807, 2.05) is 28.9 Å². The van der Waals surface area contributed by atoms with Crippen LogP contribution < -0.4 is 0 Å². The molecule has 0 N–H and O–H groups in total. The summed E-state index contributed by atoms with van der Waals surface area (Å²) < 4.78 is 7.21. The van der Waals surface area contributed by atoms with Crippen LogP contribution in [0.5, 0.6) is 0 Å². The Kier molecular flexibility index (Phi) is 5.57. The maximum Gasteiger partial charge on any atom is 0.117 e. The number of para-hydroxylation sites is 1. The third kappa shape index (κ3) is 3.82. The quantitative estimate of drug-likeness (QED) is 0.599. The van der Waals surface area contributed by atoms with Gasteiger partial charge in [0.1, 0.15) is 18.2 Å². The zero-order valence-electron chi connectivity index (χ0n) is 12.2. The SMILES string of the molecule is CCCCCC(C#CCn1nnc2ccccc21)OC. The summed E-state index contributed by atoms with van der Waals surface area (Å²) in [6, 6.07) is 7.90. The van der Waals surface area contributed by atoms with Gasteiger partial charge in [-0.1, -0.05) is 49.0 Å². The molecule has 2 rings (SSSR count). The lowest BCUT2D eigenvalue weighted by atomic mass is 10.1. The van der Waals surface area contributed by atoms with E-state index in [0.29, 0.717) is 6.54 Å². The first-order valence-corrected chi connectivity index (χ1v) is 7.14. The van der Waals surface area contributed by atoms with Gasteiger partial charge < -0.3 is 4.74 Å². The summed E-state index contributed by atoms with van der Waals surface area (Å²) in [5.41, 5.74) is 1.92. The van der Waals surface area contributed by atoms with Gasteiger partial charge in [-0.25, -0.2) is 4.68 Å². The van der Waals surface area contributed by atoms with Gasteiger partial charge in [-0.2, -0.15) is 0 Å². The van der Waals surface area contributed by atoms with E-state index in [4.69, 9.17) is 4.74 Å². The van der Waals surface area contributed by atoms with E-state index in [0.717, 1.165) is 23.9 Å². The van der Waals surface area contributed by atoms with Crippen LogP contribution in [0.4, 0.5) is 0 Å². The molecule has 20 heavy (non-hydrogen) atoms. The number of unbranched alkanes of at least 4 members (excludes halogenated alkanes) is 2. The van der Waals surface area contributed by atoms with Crippen LogP contribution in [0.15, 0.2) is 24.3 Å². The smallest absolute Gasteiger partial charge is 0.117 e. The lowest BCUT2D eigenvalue weighted by molar-refractivity contribution is 0.138. The molecular weight excluding hydrogens is 250 g/mol. The van der Waals surface area contributed by atoms with Crippen molar-refractivity contribution in [3.05, 3.63) is 24.3 Å². The fraction of sp³-hybridized carbons (Fsp3) is 0.500. The third-order valence-corrected chi connectivity index (χ3v) is 3.27. The summed E-state index contributed by atoms with van der Waals surface area (Å²) in [4.78, 5) is 0. The minimum Gasteiger partial charge on any atom is -0.369 e. The monoisotopic (exact) mass is 271 g/mol. The second-order valence-corrected chi connectivity index (χ2v) is 4.78. The van der Waals surface area contributed by atoms with E-state index in [2.05, 4.69) is 29.1 Å². The van der Waals surface area contributed by atoms with Crippen molar-refractivity contribution in [3.63, 3.8) is 0 Å². The number of benzene rings is 1. The normalized spacial score (nSPS) is 12.1. The predicted octanol–water partition coefficient (Wildman–Crippen LogP) is 3.03. The molecule has 0 radical (unpaired) electrons. The molecule has 4 nitrogen and oxygen atoms in total. The average Bonchev–Trinajstić information content (AvgIpc) is 2.89. The summed E-state index contributed by atoms with van der Waals surface area (Å²) in [6.07, 6.45) is 4.63. The Morgan fingerprint density at radius 3 is 2.95 bits per heavy atom. The van der Waals surface area contributed by atoms with Gasteiger partial charge in [-0.05, 0) is 25.0 Å². The van der Waals surface area contributed by atoms with Crippen molar-refractivity contribution in [2.45, 2.75) is 45.3 Å². The molecule has 0 saturated heterocycles. The molecule has 0 saturated carbocycles. The molecule has 0 aliphatic carbocycles. The number of nitrogens with zero attached hydrogens (tertiary/aromatic N) is 3. The van der Waals surface area contributed by atoms with Gasteiger partial charge in [-0.15, -0.1) is 5.10 Å². The number of ether oxygens (including phenoxy) is 1. The Morgan fingerprint density at radius 2 is 2.15 bits per heavy atom. The summed E-state index contributed by atoms with van der Waals surface area (Å²) in [6.45, 7) is 2.75. The first kappa shape index (κ1) is 14.5. The van der Waals surface area contributed by atoms with Gasteiger partial charge in [0.2, 0.25) is 0 Å². The number of methoxy groups -OCH3 is 1. The van der Waals surface area contributed by atoms with Crippen LogP contribution in [0.3, 0.4) is 0 Å². The maximum absolute atomic E-state index is 5.38. The fourth-order valence-electron chi connectivity index (χ4n) is 2.10. The van der Waals surface area contributed by atoms with Gasteiger partial charge in [0.25, 0.3) is 0 Å². The lowest BCUT2D eigenvalue weighted by Gasteiger charge is -2.07. The van der Waals surface area contributed by atoms with Crippen molar-refractivity contribution in [2.24, 2.45) is 0 Å². The molecule has 106 valence electrons. The summed E-state index contributed by atoms with van der Waals surface area (Å²) in [7, 11) is 1.72. The molecule has 4 heteroatoms. The highest BCUT2D eigenvalue weighted by atomic mass is 16.5. The fourth-order valence-corrected chi connectivity index (χ4v) is 2.10. The maximum atomic E-state index is 5.38. The number of fused-ring (bicyclic) bond motifs is 1.